The zero-order valence-electron chi connectivity index (χ0n) is 13.7. The molecule has 0 fully saturated rings. The number of hydrogen-bond donors (Lipinski definition) is 2. The van der Waals surface area contributed by atoms with Gasteiger partial charge in [-0.05, 0) is 29.6 Å². The number of nitrogens with one attached hydrogen (secondary N) is 1. The van der Waals surface area contributed by atoms with Gasteiger partial charge in [0.05, 0.1) is 17.4 Å². The van der Waals surface area contributed by atoms with Crippen molar-refractivity contribution in [2.45, 2.75) is 6.54 Å². The van der Waals surface area contributed by atoms with Crippen LogP contribution >= 0.6 is 34.3 Å². The number of aromatic nitrogens is 2. The minimum atomic E-state index is -0.469. The van der Waals surface area contributed by atoms with Crippen molar-refractivity contribution in [3.63, 3.8) is 0 Å². The molecule has 9 heteroatoms. The van der Waals surface area contributed by atoms with Gasteiger partial charge < -0.3 is 10.4 Å². The fourth-order valence-corrected chi connectivity index (χ4v) is 4.54. The number of aromatic hydroxyl groups is 1. The van der Waals surface area contributed by atoms with Gasteiger partial charge in [-0.3, -0.25) is 14.2 Å². The number of carbonyl (C=O) groups excluding carboxylic acids is 1. The Labute approximate surface area is 166 Å². The second-order valence-electron chi connectivity index (χ2n) is 5.69. The highest BCUT2D eigenvalue weighted by molar-refractivity contribution is 7.18. The minimum Gasteiger partial charge on any atom is -0.506 e. The molecular formula is C18H12ClN3O3S2. The summed E-state index contributed by atoms with van der Waals surface area (Å²) in [5, 5.41) is 17.1. The van der Waals surface area contributed by atoms with Crippen LogP contribution in [0.15, 0.2) is 52.2 Å². The summed E-state index contributed by atoms with van der Waals surface area (Å²) in [5.74, 6) is -0.574. The first-order chi connectivity index (χ1) is 13.0. The topological polar surface area (TPSA) is 84.2 Å². The van der Waals surface area contributed by atoms with E-state index in [0.717, 1.165) is 10.4 Å². The van der Waals surface area contributed by atoms with Gasteiger partial charge in [0.2, 0.25) is 5.91 Å². The SMILES string of the molecule is O=C(Cn1cnc2scc(-c3cccs3)c2c1=O)Nc1cc(Cl)ccc1O. The van der Waals surface area contributed by atoms with Crippen LogP contribution < -0.4 is 10.9 Å². The zero-order chi connectivity index (χ0) is 19.0. The van der Waals surface area contributed by atoms with Crippen LogP contribution in [0.2, 0.25) is 5.02 Å². The summed E-state index contributed by atoms with van der Waals surface area (Å²) in [7, 11) is 0. The van der Waals surface area contributed by atoms with Crippen molar-refractivity contribution in [1.82, 2.24) is 9.55 Å². The molecule has 0 atom stereocenters. The van der Waals surface area contributed by atoms with Crippen LogP contribution in [-0.2, 0) is 11.3 Å². The molecule has 136 valence electrons. The van der Waals surface area contributed by atoms with Crippen molar-refractivity contribution in [3.8, 4) is 16.2 Å². The number of thiophene rings is 2. The lowest BCUT2D eigenvalue weighted by Crippen LogP contribution is -2.27. The van der Waals surface area contributed by atoms with E-state index in [0.29, 0.717) is 15.2 Å². The van der Waals surface area contributed by atoms with E-state index >= 15 is 0 Å². The van der Waals surface area contributed by atoms with Crippen molar-refractivity contribution in [2.75, 3.05) is 5.32 Å². The fourth-order valence-electron chi connectivity index (χ4n) is 2.65. The number of carbonyl (C=O) groups is 1. The summed E-state index contributed by atoms with van der Waals surface area (Å²) < 4.78 is 1.25. The average Bonchev–Trinajstić information content (AvgIpc) is 3.30. The normalized spacial score (nSPS) is 11.0. The molecule has 0 aliphatic rings. The number of fused-ring (bicyclic) bond motifs is 1. The van der Waals surface area contributed by atoms with E-state index in [9.17, 15) is 14.7 Å². The van der Waals surface area contributed by atoms with Crippen LogP contribution in [0.5, 0.6) is 5.75 Å². The summed E-state index contributed by atoms with van der Waals surface area (Å²) in [6.07, 6.45) is 1.36. The monoisotopic (exact) mass is 417 g/mol. The van der Waals surface area contributed by atoms with E-state index in [1.54, 1.807) is 0 Å². The van der Waals surface area contributed by atoms with Crippen LogP contribution in [0.1, 0.15) is 0 Å². The van der Waals surface area contributed by atoms with Gasteiger partial charge in [0.15, 0.2) is 0 Å². The van der Waals surface area contributed by atoms with Gasteiger partial charge >= 0.3 is 0 Å². The first-order valence-electron chi connectivity index (χ1n) is 7.82. The van der Waals surface area contributed by atoms with Gasteiger partial charge in [0.1, 0.15) is 17.1 Å². The first kappa shape index (κ1) is 17.7. The molecule has 0 spiro atoms. The highest BCUT2D eigenvalue weighted by atomic mass is 35.5. The van der Waals surface area contributed by atoms with Crippen LogP contribution in [-0.4, -0.2) is 20.6 Å². The Hall–Kier alpha value is -2.68. The summed E-state index contributed by atoms with van der Waals surface area (Å²) in [5.41, 5.74) is 0.726. The number of benzene rings is 1. The summed E-state index contributed by atoms with van der Waals surface area (Å²) >= 11 is 8.81. The van der Waals surface area contributed by atoms with Crippen molar-refractivity contribution >= 4 is 56.1 Å². The lowest BCUT2D eigenvalue weighted by Gasteiger charge is -2.09. The number of amides is 1. The molecule has 27 heavy (non-hydrogen) atoms. The van der Waals surface area contributed by atoms with Crippen LogP contribution in [0.4, 0.5) is 5.69 Å². The number of anilines is 1. The van der Waals surface area contributed by atoms with Crippen molar-refractivity contribution in [3.05, 3.63) is 62.8 Å². The molecule has 0 bridgehead atoms. The average molecular weight is 418 g/mol. The summed E-state index contributed by atoms with van der Waals surface area (Å²) in [6, 6.07) is 8.20. The van der Waals surface area contributed by atoms with Gasteiger partial charge in [-0.25, -0.2) is 4.98 Å². The maximum Gasteiger partial charge on any atom is 0.263 e. The first-order valence-corrected chi connectivity index (χ1v) is 9.95. The second kappa shape index (κ2) is 7.15. The molecule has 0 aliphatic carbocycles. The Kier molecular flexibility index (Phi) is 4.69. The number of phenols is 1. The lowest BCUT2D eigenvalue weighted by atomic mass is 10.2. The molecule has 2 N–H and O–H groups in total. The number of nitrogens with zero attached hydrogens (tertiary/aromatic N) is 2. The Morgan fingerprint density at radius 1 is 1.30 bits per heavy atom. The van der Waals surface area contributed by atoms with Gasteiger partial charge in [-0.1, -0.05) is 17.7 Å². The molecule has 0 saturated carbocycles. The molecule has 1 aromatic carbocycles. The van der Waals surface area contributed by atoms with Crippen LogP contribution in [0.3, 0.4) is 0 Å². The van der Waals surface area contributed by atoms with Crippen LogP contribution in [0.25, 0.3) is 20.7 Å². The van der Waals surface area contributed by atoms with Gasteiger partial charge in [-0.2, -0.15) is 0 Å². The quantitative estimate of drug-likeness (QED) is 0.488. The third kappa shape index (κ3) is 3.46. The van der Waals surface area contributed by atoms with Gasteiger partial charge in [0, 0.05) is 20.8 Å². The lowest BCUT2D eigenvalue weighted by molar-refractivity contribution is -0.116. The zero-order valence-corrected chi connectivity index (χ0v) is 16.1. The Balaban J connectivity index is 1.65. The third-order valence-electron chi connectivity index (χ3n) is 3.89. The summed E-state index contributed by atoms with van der Waals surface area (Å²) in [6.45, 7) is -0.229. The highest BCUT2D eigenvalue weighted by Crippen LogP contribution is 2.33. The molecule has 0 radical (unpaired) electrons. The fraction of sp³-hybridized carbons (Fsp3) is 0.0556. The van der Waals surface area contributed by atoms with E-state index < -0.39 is 5.91 Å². The van der Waals surface area contributed by atoms with E-state index in [4.69, 9.17) is 11.6 Å². The number of phenolic OH excluding ortho intramolecular Hbond substituents is 1. The number of halogens is 1. The minimum absolute atomic E-state index is 0.105. The van der Waals surface area contributed by atoms with Gasteiger partial charge in [-0.15, -0.1) is 22.7 Å². The Morgan fingerprint density at radius 3 is 2.93 bits per heavy atom. The Morgan fingerprint density at radius 2 is 2.15 bits per heavy atom. The van der Waals surface area contributed by atoms with Gasteiger partial charge in [0.25, 0.3) is 5.56 Å². The molecule has 1 amide bonds. The van der Waals surface area contributed by atoms with E-state index in [-0.39, 0.29) is 23.5 Å². The predicted octanol–water partition coefficient (Wildman–Crippen LogP) is 4.18. The maximum atomic E-state index is 12.9. The number of hydrogen-bond acceptors (Lipinski definition) is 6. The molecular weight excluding hydrogens is 406 g/mol. The van der Waals surface area contributed by atoms with E-state index in [1.807, 2.05) is 22.9 Å². The molecule has 0 saturated heterocycles. The van der Waals surface area contributed by atoms with E-state index in [1.165, 1.54) is 51.8 Å². The van der Waals surface area contributed by atoms with Crippen molar-refractivity contribution in [1.29, 1.82) is 0 Å². The molecule has 0 aliphatic heterocycles. The third-order valence-corrected chi connectivity index (χ3v) is 5.92. The largest absolute Gasteiger partial charge is 0.506 e. The Bertz CT molecular complexity index is 1200. The molecule has 0 unspecified atom stereocenters. The maximum absolute atomic E-state index is 12.9. The second-order valence-corrected chi connectivity index (χ2v) is 7.94. The smallest absolute Gasteiger partial charge is 0.263 e. The number of rotatable bonds is 4. The molecule has 4 aromatic rings. The molecule has 3 aromatic heterocycles. The highest BCUT2D eigenvalue weighted by Gasteiger charge is 2.16. The standard InChI is InChI=1S/C18H12ClN3O3S2/c19-10-3-4-13(23)12(6-10)21-15(24)7-22-9-20-17-16(18(22)25)11(8-27-17)14-2-1-5-26-14/h1-6,8-9,23H,7H2,(H,21,24). The van der Waals surface area contributed by atoms with Crippen LogP contribution in [0, 0.1) is 0 Å². The predicted molar refractivity (Wildman–Crippen MR) is 109 cm³/mol. The van der Waals surface area contributed by atoms with E-state index in [2.05, 4.69) is 10.3 Å². The molecule has 4 rings (SSSR count). The van der Waals surface area contributed by atoms with Crippen molar-refractivity contribution in [2.24, 2.45) is 0 Å². The van der Waals surface area contributed by atoms with Crippen molar-refractivity contribution < 1.29 is 9.90 Å². The molecule has 3 heterocycles. The molecule has 6 nitrogen and oxygen atoms in total. The summed E-state index contributed by atoms with van der Waals surface area (Å²) in [4.78, 5) is 31.1.